The van der Waals surface area contributed by atoms with Gasteiger partial charge in [0.1, 0.15) is 0 Å². The number of piperidine rings is 1. The highest BCUT2D eigenvalue weighted by molar-refractivity contribution is 5.95. The molecule has 0 aliphatic carbocycles. The fraction of sp³-hybridized carbons (Fsp3) is 0.500. The molecule has 0 saturated carbocycles. The number of aromatic nitrogens is 4. The van der Waals surface area contributed by atoms with Gasteiger partial charge in [-0.25, -0.2) is 0 Å². The van der Waals surface area contributed by atoms with Gasteiger partial charge in [-0.2, -0.15) is 10.1 Å². The Morgan fingerprint density at radius 3 is 2.66 bits per heavy atom. The minimum atomic E-state index is 0.102. The lowest BCUT2D eigenvalue weighted by molar-refractivity contribution is 0.0592. The lowest BCUT2D eigenvalue weighted by Crippen LogP contribution is -2.44. The quantitative estimate of drug-likeness (QED) is 0.625. The first-order valence-electron chi connectivity index (χ1n) is 11.4. The Balaban J connectivity index is 1.26. The maximum Gasteiger partial charge on any atom is 0.257 e. The molecule has 0 N–H and O–H groups in total. The van der Waals surface area contributed by atoms with Crippen LogP contribution in [0.3, 0.4) is 0 Å². The molecular weight excluding hydrogens is 404 g/mol. The van der Waals surface area contributed by atoms with Crippen molar-refractivity contribution in [1.29, 1.82) is 0 Å². The summed E-state index contributed by atoms with van der Waals surface area (Å²) < 4.78 is 7.44. The molecule has 1 atom stereocenters. The minimum absolute atomic E-state index is 0.102. The van der Waals surface area contributed by atoms with Gasteiger partial charge in [0.05, 0.1) is 17.8 Å². The Morgan fingerprint density at radius 2 is 1.97 bits per heavy atom. The van der Waals surface area contributed by atoms with Gasteiger partial charge in [-0.1, -0.05) is 23.4 Å². The van der Waals surface area contributed by atoms with Crippen molar-refractivity contribution in [3.8, 4) is 11.5 Å². The molecule has 5 rings (SSSR count). The maximum atomic E-state index is 13.1. The molecule has 3 aromatic rings. The number of rotatable bonds is 4. The third-order valence-corrected chi connectivity index (χ3v) is 7.25. The van der Waals surface area contributed by atoms with Crippen LogP contribution in [0, 0.1) is 12.3 Å². The molecule has 32 heavy (non-hydrogen) atoms. The summed E-state index contributed by atoms with van der Waals surface area (Å²) in [5, 5.41) is 8.64. The molecule has 1 amide bonds. The predicted molar refractivity (Wildman–Crippen MR) is 120 cm³/mol. The van der Waals surface area contributed by atoms with Gasteiger partial charge in [-0.3, -0.25) is 14.4 Å². The highest BCUT2D eigenvalue weighted by atomic mass is 16.5. The summed E-state index contributed by atoms with van der Waals surface area (Å²) in [7, 11) is 2.14. The van der Waals surface area contributed by atoms with E-state index in [9.17, 15) is 4.79 Å². The second kappa shape index (κ2) is 8.16. The molecule has 2 aromatic heterocycles. The van der Waals surface area contributed by atoms with Crippen molar-refractivity contribution in [3.63, 3.8) is 0 Å². The van der Waals surface area contributed by atoms with Gasteiger partial charge in [-0.05, 0) is 57.7 Å². The third kappa shape index (κ3) is 3.62. The molecule has 8 heteroatoms. The number of hydrogen-bond donors (Lipinski definition) is 0. The van der Waals surface area contributed by atoms with Crippen LogP contribution in [0.25, 0.3) is 11.5 Å². The number of hydrogen-bond acceptors (Lipinski definition) is 6. The number of nitrogens with zero attached hydrogens (tertiary/aromatic N) is 6. The van der Waals surface area contributed by atoms with Crippen LogP contribution in [0.4, 0.5) is 0 Å². The van der Waals surface area contributed by atoms with Crippen molar-refractivity contribution in [3.05, 3.63) is 53.6 Å². The molecule has 4 heterocycles. The smallest absolute Gasteiger partial charge is 0.257 e. The zero-order valence-corrected chi connectivity index (χ0v) is 19.0. The molecule has 2 aliphatic rings. The van der Waals surface area contributed by atoms with Gasteiger partial charge in [-0.15, -0.1) is 0 Å². The van der Waals surface area contributed by atoms with Crippen molar-refractivity contribution >= 4 is 5.91 Å². The van der Waals surface area contributed by atoms with Crippen LogP contribution in [0.5, 0.6) is 0 Å². The van der Waals surface area contributed by atoms with Crippen molar-refractivity contribution in [2.45, 2.75) is 45.7 Å². The first-order valence-corrected chi connectivity index (χ1v) is 11.4. The Labute approximate surface area is 188 Å². The van der Waals surface area contributed by atoms with E-state index in [2.05, 4.69) is 22.2 Å². The third-order valence-electron chi connectivity index (χ3n) is 7.25. The molecule has 1 spiro atoms. The van der Waals surface area contributed by atoms with E-state index in [-0.39, 0.29) is 17.4 Å². The number of carbonyl (C=O) groups is 1. The zero-order chi connectivity index (χ0) is 22.3. The molecular formula is C24H30N6O2. The average molecular weight is 435 g/mol. The summed E-state index contributed by atoms with van der Waals surface area (Å²) >= 11 is 0. The summed E-state index contributed by atoms with van der Waals surface area (Å²) in [6, 6.07) is 10.0. The van der Waals surface area contributed by atoms with Crippen molar-refractivity contribution in [2.24, 2.45) is 5.41 Å². The van der Waals surface area contributed by atoms with Crippen molar-refractivity contribution in [2.75, 3.05) is 26.7 Å². The monoisotopic (exact) mass is 434 g/mol. The average Bonchev–Trinajstić information content (AvgIpc) is 3.52. The Hall–Kier alpha value is -3.00. The van der Waals surface area contributed by atoms with E-state index < -0.39 is 0 Å². The highest BCUT2D eigenvalue weighted by Crippen LogP contribution is 2.48. The van der Waals surface area contributed by atoms with Crippen LogP contribution < -0.4 is 0 Å². The van der Waals surface area contributed by atoms with E-state index in [1.165, 1.54) is 0 Å². The second-order valence-corrected chi connectivity index (χ2v) is 9.21. The largest absolute Gasteiger partial charge is 0.339 e. The summed E-state index contributed by atoms with van der Waals surface area (Å²) in [5.41, 5.74) is 2.80. The molecule has 2 aliphatic heterocycles. The maximum absolute atomic E-state index is 13.1. The number of benzene rings is 1. The first-order chi connectivity index (χ1) is 15.5. The lowest BCUT2D eigenvalue weighted by Gasteiger charge is -2.39. The zero-order valence-electron chi connectivity index (χ0n) is 19.0. The standard InChI is InChI=1S/C24H30N6O2/c1-4-30-17(2)19(15-25-30)23(31)29-12-10-24(11-13-29)14-20(28(3)16-24)21-26-22(32-27-21)18-8-6-5-7-9-18/h5-9,15,20H,4,10-14,16H2,1-3H3. The summed E-state index contributed by atoms with van der Waals surface area (Å²) in [6.45, 7) is 7.33. The van der Waals surface area contributed by atoms with E-state index in [1.807, 2.05) is 53.8 Å². The minimum Gasteiger partial charge on any atom is -0.339 e. The van der Waals surface area contributed by atoms with E-state index in [0.29, 0.717) is 5.89 Å². The van der Waals surface area contributed by atoms with E-state index >= 15 is 0 Å². The van der Waals surface area contributed by atoms with Crippen LogP contribution in [-0.2, 0) is 6.54 Å². The van der Waals surface area contributed by atoms with Crippen molar-refractivity contribution < 1.29 is 9.32 Å². The van der Waals surface area contributed by atoms with Gasteiger partial charge in [0, 0.05) is 37.4 Å². The van der Waals surface area contributed by atoms with Crippen LogP contribution in [-0.4, -0.2) is 62.3 Å². The number of amides is 1. The van der Waals surface area contributed by atoms with E-state index in [1.54, 1.807) is 6.20 Å². The SMILES string of the molecule is CCn1ncc(C(=O)N2CCC3(CC2)CC(c2noc(-c4ccccc4)n2)N(C)C3)c1C. The first kappa shape index (κ1) is 20.9. The normalized spacial score (nSPS) is 20.8. The van der Waals surface area contributed by atoms with E-state index in [4.69, 9.17) is 9.51 Å². The van der Waals surface area contributed by atoms with Gasteiger partial charge in [0.2, 0.25) is 0 Å². The number of aryl methyl sites for hydroxylation is 1. The molecule has 1 aromatic carbocycles. The van der Waals surface area contributed by atoms with Crippen LogP contribution in [0.15, 0.2) is 41.1 Å². The van der Waals surface area contributed by atoms with Gasteiger partial charge in [0.15, 0.2) is 5.82 Å². The van der Waals surface area contributed by atoms with Crippen LogP contribution in [0.1, 0.15) is 54.1 Å². The van der Waals surface area contributed by atoms with Gasteiger partial charge >= 0.3 is 0 Å². The summed E-state index contributed by atoms with van der Waals surface area (Å²) in [5.74, 6) is 1.42. The second-order valence-electron chi connectivity index (χ2n) is 9.21. The van der Waals surface area contributed by atoms with Crippen molar-refractivity contribution in [1.82, 2.24) is 29.7 Å². The van der Waals surface area contributed by atoms with Gasteiger partial charge < -0.3 is 9.42 Å². The molecule has 2 fully saturated rings. The summed E-state index contributed by atoms with van der Waals surface area (Å²) in [6.07, 6.45) is 4.69. The molecule has 168 valence electrons. The molecule has 0 radical (unpaired) electrons. The molecule has 0 bridgehead atoms. The highest BCUT2D eigenvalue weighted by Gasteiger charge is 2.46. The Bertz CT molecular complexity index is 1100. The van der Waals surface area contributed by atoms with Crippen LogP contribution >= 0.6 is 0 Å². The molecule has 8 nitrogen and oxygen atoms in total. The predicted octanol–water partition coefficient (Wildman–Crippen LogP) is 3.56. The number of likely N-dealkylation sites (tertiary alicyclic amines) is 2. The van der Waals surface area contributed by atoms with Crippen LogP contribution in [0.2, 0.25) is 0 Å². The topological polar surface area (TPSA) is 80.3 Å². The fourth-order valence-corrected chi connectivity index (χ4v) is 5.32. The summed E-state index contributed by atoms with van der Waals surface area (Å²) in [4.78, 5) is 22.1. The molecule has 2 saturated heterocycles. The lowest BCUT2D eigenvalue weighted by atomic mass is 9.76. The van der Waals surface area contributed by atoms with E-state index in [0.717, 1.165) is 68.1 Å². The fourth-order valence-electron chi connectivity index (χ4n) is 5.32. The molecule has 1 unspecified atom stereocenters. The Morgan fingerprint density at radius 1 is 1.22 bits per heavy atom. The van der Waals surface area contributed by atoms with Gasteiger partial charge in [0.25, 0.3) is 11.8 Å². The Kier molecular flexibility index (Phi) is 5.33. The number of carbonyl (C=O) groups excluding carboxylic acids is 1.